The Morgan fingerprint density at radius 2 is 1.55 bits per heavy atom. The smallest absolute Gasteiger partial charge is 0.328 e. The van der Waals surface area contributed by atoms with Crippen LogP contribution in [0.4, 0.5) is 4.79 Å². The summed E-state index contributed by atoms with van der Waals surface area (Å²) in [7, 11) is 0. The number of hydrogen-bond acceptors (Lipinski definition) is 3. The molecule has 0 saturated heterocycles. The van der Waals surface area contributed by atoms with Crippen LogP contribution in [-0.4, -0.2) is 41.4 Å². The lowest BCUT2D eigenvalue weighted by atomic mass is 10.1. The Morgan fingerprint density at radius 3 is 2.05 bits per heavy atom. The number of carboxylic acid groups (broad SMARTS) is 1. The van der Waals surface area contributed by atoms with Gasteiger partial charge in [-0.2, -0.15) is 0 Å². The first-order valence-corrected chi connectivity index (χ1v) is 7.49. The molecule has 0 aliphatic carbocycles. The number of rotatable bonds is 12. The number of carboxylic acids is 1. The third-order valence-electron chi connectivity index (χ3n) is 3.10. The average molecular weight is 288 g/mol. The van der Waals surface area contributed by atoms with Crippen LogP contribution in [0.2, 0.25) is 0 Å². The molecule has 0 rings (SSSR count). The van der Waals surface area contributed by atoms with Gasteiger partial charge in [0.15, 0.2) is 6.04 Å². The number of aliphatic carboxylic acids is 1. The Balaban J connectivity index is 3.41. The van der Waals surface area contributed by atoms with Crippen molar-refractivity contribution in [2.24, 2.45) is 0 Å². The molecule has 0 heterocycles. The molecule has 4 N–H and O–H groups in total. The van der Waals surface area contributed by atoms with E-state index in [1.807, 2.05) is 0 Å². The number of aliphatic hydroxyl groups excluding tert-OH is 1. The SMILES string of the molecule is CCCCCCCCCCNC(=O)NC(CO)C(=O)O. The lowest BCUT2D eigenvalue weighted by molar-refractivity contribution is -0.140. The van der Waals surface area contributed by atoms with Crippen molar-refractivity contribution in [2.45, 2.75) is 64.3 Å². The summed E-state index contributed by atoms with van der Waals surface area (Å²) in [6.07, 6.45) is 9.49. The molecule has 6 heteroatoms. The van der Waals surface area contributed by atoms with Gasteiger partial charge in [-0.05, 0) is 6.42 Å². The molecular weight excluding hydrogens is 260 g/mol. The molecule has 118 valence electrons. The van der Waals surface area contributed by atoms with E-state index in [9.17, 15) is 9.59 Å². The van der Waals surface area contributed by atoms with Crippen molar-refractivity contribution in [1.82, 2.24) is 10.6 Å². The highest BCUT2D eigenvalue weighted by Crippen LogP contribution is 2.07. The van der Waals surface area contributed by atoms with E-state index >= 15 is 0 Å². The molecule has 0 aromatic carbocycles. The van der Waals surface area contributed by atoms with Crippen LogP contribution in [0, 0.1) is 0 Å². The second-order valence-corrected chi connectivity index (χ2v) is 4.95. The van der Waals surface area contributed by atoms with E-state index in [-0.39, 0.29) is 0 Å². The summed E-state index contributed by atoms with van der Waals surface area (Å²) in [5.41, 5.74) is 0. The van der Waals surface area contributed by atoms with Crippen LogP contribution in [0.1, 0.15) is 58.3 Å². The molecule has 20 heavy (non-hydrogen) atoms. The summed E-state index contributed by atoms with van der Waals surface area (Å²) in [6, 6.07) is -1.79. The van der Waals surface area contributed by atoms with Crippen LogP contribution in [0.3, 0.4) is 0 Å². The van der Waals surface area contributed by atoms with Gasteiger partial charge in [-0.3, -0.25) is 0 Å². The standard InChI is InChI=1S/C14H28N2O4/c1-2-3-4-5-6-7-8-9-10-15-14(20)16-12(11-17)13(18)19/h12,17H,2-11H2,1H3,(H,18,19)(H2,15,16,20). The third kappa shape index (κ3) is 10.6. The maximum atomic E-state index is 11.3. The monoisotopic (exact) mass is 288 g/mol. The topological polar surface area (TPSA) is 98.7 Å². The number of amides is 2. The van der Waals surface area contributed by atoms with Crippen LogP contribution in [0.25, 0.3) is 0 Å². The first-order valence-electron chi connectivity index (χ1n) is 7.49. The van der Waals surface area contributed by atoms with Gasteiger partial charge in [-0.25, -0.2) is 9.59 Å². The Kier molecular flexibility index (Phi) is 11.9. The lowest BCUT2D eigenvalue weighted by Gasteiger charge is -2.12. The maximum absolute atomic E-state index is 11.3. The van der Waals surface area contributed by atoms with Crippen molar-refractivity contribution in [3.8, 4) is 0 Å². The number of carbonyl (C=O) groups is 2. The summed E-state index contributed by atoms with van der Waals surface area (Å²) >= 11 is 0. The Hall–Kier alpha value is -1.30. The summed E-state index contributed by atoms with van der Waals surface area (Å²) in [5, 5.41) is 22.2. The molecule has 0 radical (unpaired) electrons. The van der Waals surface area contributed by atoms with Gasteiger partial charge in [-0.15, -0.1) is 0 Å². The number of urea groups is 1. The minimum Gasteiger partial charge on any atom is -0.480 e. The predicted octanol–water partition coefficient (Wildman–Crippen LogP) is 1.87. The number of hydrogen-bond donors (Lipinski definition) is 4. The van der Waals surface area contributed by atoms with Crippen LogP contribution < -0.4 is 10.6 Å². The van der Waals surface area contributed by atoms with E-state index in [0.29, 0.717) is 6.54 Å². The molecule has 0 aromatic heterocycles. The fraction of sp³-hybridized carbons (Fsp3) is 0.857. The van der Waals surface area contributed by atoms with Gasteiger partial charge in [0.05, 0.1) is 6.61 Å². The molecule has 0 aliphatic heterocycles. The molecule has 0 aromatic rings. The normalized spacial score (nSPS) is 11.9. The van der Waals surface area contributed by atoms with Gasteiger partial charge in [0, 0.05) is 6.54 Å². The Labute approximate surface area is 120 Å². The minimum atomic E-state index is -1.24. The summed E-state index contributed by atoms with van der Waals surface area (Å²) in [5.74, 6) is -1.24. The Bertz CT molecular complexity index is 272. The molecule has 0 bridgehead atoms. The van der Waals surface area contributed by atoms with Gasteiger partial charge in [0.2, 0.25) is 0 Å². The summed E-state index contributed by atoms with van der Waals surface area (Å²) in [4.78, 5) is 21.9. The second kappa shape index (κ2) is 12.7. The summed E-state index contributed by atoms with van der Waals surface area (Å²) < 4.78 is 0. The highest BCUT2D eigenvalue weighted by Gasteiger charge is 2.17. The highest BCUT2D eigenvalue weighted by molar-refractivity contribution is 5.82. The van der Waals surface area contributed by atoms with Crippen LogP contribution in [-0.2, 0) is 4.79 Å². The molecule has 2 amide bonds. The van der Waals surface area contributed by atoms with Crippen molar-refractivity contribution in [3.05, 3.63) is 0 Å². The molecule has 1 unspecified atom stereocenters. The number of aliphatic hydroxyl groups is 1. The van der Waals surface area contributed by atoms with Gasteiger partial charge in [-0.1, -0.05) is 51.9 Å². The van der Waals surface area contributed by atoms with Gasteiger partial charge < -0.3 is 20.8 Å². The van der Waals surface area contributed by atoms with E-state index in [0.717, 1.165) is 12.8 Å². The first kappa shape index (κ1) is 18.7. The molecule has 0 saturated carbocycles. The molecule has 0 fully saturated rings. The van der Waals surface area contributed by atoms with E-state index in [1.54, 1.807) is 0 Å². The summed E-state index contributed by atoms with van der Waals surface area (Å²) in [6.45, 7) is 2.11. The van der Waals surface area contributed by atoms with E-state index < -0.39 is 24.6 Å². The number of nitrogens with one attached hydrogen (secondary N) is 2. The van der Waals surface area contributed by atoms with Crippen LogP contribution in [0.15, 0.2) is 0 Å². The van der Waals surface area contributed by atoms with Crippen LogP contribution >= 0.6 is 0 Å². The van der Waals surface area contributed by atoms with Crippen molar-refractivity contribution in [2.75, 3.05) is 13.2 Å². The number of carbonyl (C=O) groups excluding carboxylic acids is 1. The van der Waals surface area contributed by atoms with Gasteiger partial charge in [0.1, 0.15) is 0 Å². The van der Waals surface area contributed by atoms with Gasteiger partial charge >= 0.3 is 12.0 Å². The lowest BCUT2D eigenvalue weighted by Crippen LogP contribution is -2.48. The molecule has 1 atom stereocenters. The van der Waals surface area contributed by atoms with E-state index in [1.165, 1.54) is 38.5 Å². The molecule has 6 nitrogen and oxygen atoms in total. The maximum Gasteiger partial charge on any atom is 0.328 e. The minimum absolute atomic E-state index is 0.526. The van der Waals surface area contributed by atoms with Crippen LogP contribution in [0.5, 0.6) is 0 Å². The zero-order valence-electron chi connectivity index (χ0n) is 12.4. The van der Waals surface area contributed by atoms with Crippen molar-refractivity contribution in [3.63, 3.8) is 0 Å². The zero-order valence-corrected chi connectivity index (χ0v) is 12.4. The number of unbranched alkanes of at least 4 members (excludes halogenated alkanes) is 7. The highest BCUT2D eigenvalue weighted by atomic mass is 16.4. The average Bonchev–Trinajstić information content (AvgIpc) is 2.42. The quantitative estimate of drug-likeness (QED) is 0.412. The van der Waals surface area contributed by atoms with Crippen molar-refractivity contribution in [1.29, 1.82) is 0 Å². The van der Waals surface area contributed by atoms with E-state index in [2.05, 4.69) is 17.6 Å². The van der Waals surface area contributed by atoms with Crippen molar-refractivity contribution >= 4 is 12.0 Å². The Morgan fingerprint density at radius 1 is 1.00 bits per heavy atom. The van der Waals surface area contributed by atoms with Crippen molar-refractivity contribution < 1.29 is 19.8 Å². The largest absolute Gasteiger partial charge is 0.480 e. The zero-order chi connectivity index (χ0) is 15.2. The fourth-order valence-electron chi connectivity index (χ4n) is 1.86. The van der Waals surface area contributed by atoms with Gasteiger partial charge in [0.25, 0.3) is 0 Å². The molecular formula is C14H28N2O4. The van der Waals surface area contributed by atoms with E-state index in [4.69, 9.17) is 10.2 Å². The fourth-order valence-corrected chi connectivity index (χ4v) is 1.86. The first-order chi connectivity index (χ1) is 9.61. The third-order valence-corrected chi connectivity index (χ3v) is 3.10. The molecule has 0 aliphatic rings. The molecule has 0 spiro atoms. The second-order valence-electron chi connectivity index (χ2n) is 4.95. The predicted molar refractivity (Wildman–Crippen MR) is 77.7 cm³/mol.